The number of rotatable bonds is 5. The molecule has 2 nitrogen and oxygen atoms in total. The third-order valence-electron chi connectivity index (χ3n) is 2.81. The van der Waals surface area contributed by atoms with E-state index in [1.807, 2.05) is 0 Å². The molecule has 0 bridgehead atoms. The van der Waals surface area contributed by atoms with E-state index in [4.69, 9.17) is 0 Å². The van der Waals surface area contributed by atoms with Crippen molar-refractivity contribution in [3.8, 4) is 0 Å². The fourth-order valence-corrected chi connectivity index (χ4v) is 1.69. The average Bonchev–Trinajstić information content (AvgIpc) is 2.29. The molecular formula is C15H21NO. The number of hydrogen-bond acceptors (Lipinski definition) is 1. The summed E-state index contributed by atoms with van der Waals surface area (Å²) in [6.45, 7) is 10.9. The maximum absolute atomic E-state index is 11.4. The molecule has 17 heavy (non-hydrogen) atoms. The van der Waals surface area contributed by atoms with Crippen molar-refractivity contribution in [2.45, 2.75) is 33.2 Å². The molecule has 0 aromatic heterocycles. The van der Waals surface area contributed by atoms with Crippen molar-refractivity contribution < 1.29 is 4.79 Å². The van der Waals surface area contributed by atoms with Gasteiger partial charge in [-0.25, -0.2) is 0 Å². The lowest BCUT2D eigenvalue weighted by Gasteiger charge is -2.19. The van der Waals surface area contributed by atoms with Crippen molar-refractivity contribution in [2.75, 3.05) is 6.54 Å². The second kappa shape index (κ2) is 6.24. The molecule has 0 saturated carbocycles. The molecule has 0 unspecified atom stereocenters. The Bertz CT molecular complexity index is 378. The second-order valence-corrected chi connectivity index (χ2v) is 4.58. The SMILES string of the molecule is C=CCN(Cc1ccc(C(C)C)cc1)C(C)=O. The number of hydrogen-bond donors (Lipinski definition) is 0. The quantitative estimate of drug-likeness (QED) is 0.712. The lowest BCUT2D eigenvalue weighted by molar-refractivity contribution is -0.128. The molecule has 0 fully saturated rings. The van der Waals surface area contributed by atoms with E-state index in [1.165, 1.54) is 5.56 Å². The van der Waals surface area contributed by atoms with Crippen LogP contribution in [0.2, 0.25) is 0 Å². The van der Waals surface area contributed by atoms with E-state index in [0.29, 0.717) is 19.0 Å². The Kier molecular flexibility index (Phi) is 4.95. The third kappa shape index (κ3) is 4.06. The highest BCUT2D eigenvalue weighted by Gasteiger charge is 2.07. The molecule has 0 aliphatic carbocycles. The lowest BCUT2D eigenvalue weighted by Crippen LogP contribution is -2.28. The largest absolute Gasteiger partial charge is 0.335 e. The summed E-state index contributed by atoms with van der Waals surface area (Å²) in [4.78, 5) is 13.2. The molecule has 2 heteroatoms. The normalized spacial score (nSPS) is 10.4. The van der Waals surface area contributed by atoms with Gasteiger partial charge in [-0.3, -0.25) is 4.79 Å². The minimum atomic E-state index is 0.0813. The van der Waals surface area contributed by atoms with Crippen molar-refractivity contribution in [3.63, 3.8) is 0 Å². The van der Waals surface area contributed by atoms with Crippen LogP contribution in [0.1, 0.15) is 37.8 Å². The summed E-state index contributed by atoms with van der Waals surface area (Å²) in [7, 11) is 0. The van der Waals surface area contributed by atoms with Gasteiger partial charge in [-0.05, 0) is 17.0 Å². The van der Waals surface area contributed by atoms with Crippen LogP contribution in [0.4, 0.5) is 0 Å². The maximum Gasteiger partial charge on any atom is 0.220 e. The minimum absolute atomic E-state index is 0.0813. The van der Waals surface area contributed by atoms with Gasteiger partial charge in [-0.1, -0.05) is 44.2 Å². The number of carbonyl (C=O) groups excluding carboxylic acids is 1. The predicted molar refractivity (Wildman–Crippen MR) is 71.8 cm³/mol. The van der Waals surface area contributed by atoms with Gasteiger partial charge in [0.25, 0.3) is 0 Å². The highest BCUT2D eigenvalue weighted by Crippen LogP contribution is 2.15. The number of carbonyl (C=O) groups is 1. The topological polar surface area (TPSA) is 20.3 Å². The molecule has 1 amide bonds. The van der Waals surface area contributed by atoms with Crippen LogP contribution in [0.25, 0.3) is 0 Å². The summed E-state index contributed by atoms with van der Waals surface area (Å²) in [5.41, 5.74) is 2.48. The van der Waals surface area contributed by atoms with Crippen LogP contribution in [-0.4, -0.2) is 17.4 Å². The van der Waals surface area contributed by atoms with E-state index in [2.05, 4.69) is 44.7 Å². The molecule has 0 aliphatic rings. The van der Waals surface area contributed by atoms with Gasteiger partial charge in [0.15, 0.2) is 0 Å². The van der Waals surface area contributed by atoms with Gasteiger partial charge in [0.1, 0.15) is 0 Å². The number of amides is 1. The summed E-state index contributed by atoms with van der Waals surface area (Å²) >= 11 is 0. The van der Waals surface area contributed by atoms with Crippen LogP contribution >= 0.6 is 0 Å². The van der Waals surface area contributed by atoms with Gasteiger partial charge in [0, 0.05) is 20.0 Å². The summed E-state index contributed by atoms with van der Waals surface area (Å²) in [6, 6.07) is 8.45. The molecule has 92 valence electrons. The molecule has 1 rings (SSSR count). The van der Waals surface area contributed by atoms with Gasteiger partial charge >= 0.3 is 0 Å². The van der Waals surface area contributed by atoms with E-state index in [1.54, 1.807) is 17.9 Å². The molecule has 0 radical (unpaired) electrons. The Morgan fingerprint density at radius 3 is 2.35 bits per heavy atom. The molecule has 0 aliphatic heterocycles. The first-order valence-electron chi connectivity index (χ1n) is 5.99. The zero-order valence-corrected chi connectivity index (χ0v) is 10.9. The minimum Gasteiger partial charge on any atom is -0.335 e. The van der Waals surface area contributed by atoms with Gasteiger partial charge in [0.2, 0.25) is 5.91 Å². The molecule has 0 atom stereocenters. The summed E-state index contributed by atoms with van der Waals surface area (Å²) in [5.74, 6) is 0.624. The van der Waals surface area contributed by atoms with E-state index in [0.717, 1.165) is 5.56 Å². The number of nitrogens with zero attached hydrogens (tertiary/aromatic N) is 1. The molecule has 0 spiro atoms. The zero-order valence-electron chi connectivity index (χ0n) is 10.9. The summed E-state index contributed by atoms with van der Waals surface area (Å²) in [6.07, 6.45) is 1.75. The van der Waals surface area contributed by atoms with Gasteiger partial charge in [-0.15, -0.1) is 6.58 Å². The smallest absolute Gasteiger partial charge is 0.220 e. The second-order valence-electron chi connectivity index (χ2n) is 4.58. The average molecular weight is 231 g/mol. The van der Waals surface area contributed by atoms with Gasteiger partial charge in [0.05, 0.1) is 0 Å². The molecule has 1 aromatic carbocycles. The van der Waals surface area contributed by atoms with E-state index in [9.17, 15) is 4.79 Å². The lowest BCUT2D eigenvalue weighted by atomic mass is 10.0. The Hall–Kier alpha value is -1.57. The van der Waals surface area contributed by atoms with Crippen LogP contribution in [0.3, 0.4) is 0 Å². The highest BCUT2D eigenvalue weighted by molar-refractivity contribution is 5.73. The first-order valence-corrected chi connectivity index (χ1v) is 5.99. The molecule has 1 aromatic rings. The molecule has 0 saturated heterocycles. The first kappa shape index (κ1) is 13.5. The molecule has 0 N–H and O–H groups in total. The van der Waals surface area contributed by atoms with Crippen molar-refractivity contribution in [3.05, 3.63) is 48.0 Å². The van der Waals surface area contributed by atoms with Crippen LogP contribution in [0, 0.1) is 0 Å². The van der Waals surface area contributed by atoms with Crippen LogP contribution < -0.4 is 0 Å². The maximum atomic E-state index is 11.4. The van der Waals surface area contributed by atoms with Gasteiger partial charge < -0.3 is 4.90 Å². The predicted octanol–water partition coefficient (Wildman–Crippen LogP) is 3.34. The summed E-state index contributed by atoms with van der Waals surface area (Å²) in [5, 5.41) is 0. The fourth-order valence-electron chi connectivity index (χ4n) is 1.69. The van der Waals surface area contributed by atoms with E-state index in [-0.39, 0.29) is 5.91 Å². The standard InChI is InChI=1S/C15H21NO/c1-5-10-16(13(4)17)11-14-6-8-15(9-7-14)12(2)3/h5-9,12H,1,10-11H2,2-4H3. The fraction of sp³-hybridized carbons (Fsp3) is 0.400. The van der Waals surface area contributed by atoms with Crippen molar-refractivity contribution >= 4 is 5.91 Å². The van der Waals surface area contributed by atoms with Gasteiger partial charge in [-0.2, -0.15) is 0 Å². The summed E-state index contributed by atoms with van der Waals surface area (Å²) < 4.78 is 0. The van der Waals surface area contributed by atoms with E-state index >= 15 is 0 Å². The van der Waals surface area contributed by atoms with Crippen LogP contribution in [-0.2, 0) is 11.3 Å². The third-order valence-corrected chi connectivity index (χ3v) is 2.81. The van der Waals surface area contributed by atoms with Crippen molar-refractivity contribution in [1.29, 1.82) is 0 Å². The molecule has 0 heterocycles. The van der Waals surface area contributed by atoms with Crippen LogP contribution in [0.15, 0.2) is 36.9 Å². The Morgan fingerprint density at radius 2 is 1.94 bits per heavy atom. The highest BCUT2D eigenvalue weighted by atomic mass is 16.2. The molecular weight excluding hydrogens is 210 g/mol. The Morgan fingerprint density at radius 1 is 1.35 bits per heavy atom. The zero-order chi connectivity index (χ0) is 12.8. The monoisotopic (exact) mass is 231 g/mol. The van der Waals surface area contributed by atoms with Crippen LogP contribution in [0.5, 0.6) is 0 Å². The Balaban J connectivity index is 2.73. The van der Waals surface area contributed by atoms with Crippen molar-refractivity contribution in [1.82, 2.24) is 4.90 Å². The number of benzene rings is 1. The first-order chi connectivity index (χ1) is 8.04. The Labute approximate surface area is 104 Å². The van der Waals surface area contributed by atoms with Crippen molar-refractivity contribution in [2.24, 2.45) is 0 Å². The van der Waals surface area contributed by atoms with E-state index < -0.39 is 0 Å².